The lowest BCUT2D eigenvalue weighted by Crippen LogP contribution is -2.25. The lowest BCUT2D eigenvalue weighted by Gasteiger charge is -2.13. The molecule has 27 heavy (non-hydrogen) atoms. The summed E-state index contributed by atoms with van der Waals surface area (Å²) in [4.78, 5) is 26.9. The van der Waals surface area contributed by atoms with Crippen LogP contribution in [0.1, 0.15) is 39.1 Å². The van der Waals surface area contributed by atoms with E-state index in [2.05, 4.69) is 9.47 Å². The summed E-state index contributed by atoms with van der Waals surface area (Å²) in [5.74, 6) is -0.762. The lowest BCUT2D eigenvalue weighted by atomic mass is 9.97. The maximum absolute atomic E-state index is 13.1. The standard InChI is InChI=1S/C20H19F2NO4/c1-23(2)12-14-5-3-4-6-15(14)17(25)9-8-16(24)13-7-10-18-19(11-13)27-20(21,22)26-18/h3-7,10-11H,8-9,12H2,1-2H3. The topological polar surface area (TPSA) is 55.8 Å². The Labute approximate surface area is 155 Å². The quantitative estimate of drug-likeness (QED) is 0.687. The highest BCUT2D eigenvalue weighted by molar-refractivity contribution is 6.03. The number of nitrogens with zero attached hydrogens (tertiary/aromatic N) is 1. The number of alkyl halides is 2. The molecule has 2 aromatic carbocycles. The molecule has 0 unspecified atom stereocenters. The molecule has 1 aliphatic rings. The van der Waals surface area contributed by atoms with Crippen LogP contribution in [0.4, 0.5) is 8.78 Å². The van der Waals surface area contributed by atoms with Gasteiger partial charge in [0.25, 0.3) is 0 Å². The molecule has 0 fully saturated rings. The molecule has 1 aliphatic heterocycles. The zero-order chi connectivity index (χ0) is 19.6. The third-order valence-electron chi connectivity index (χ3n) is 4.11. The Bertz CT molecular complexity index is 880. The van der Waals surface area contributed by atoms with E-state index in [0.29, 0.717) is 12.1 Å². The average molecular weight is 375 g/mol. The van der Waals surface area contributed by atoms with Gasteiger partial charge in [0.05, 0.1) is 0 Å². The molecule has 0 spiro atoms. The summed E-state index contributed by atoms with van der Waals surface area (Å²) >= 11 is 0. The number of fused-ring (bicyclic) bond motifs is 1. The van der Waals surface area contributed by atoms with Gasteiger partial charge in [0.15, 0.2) is 23.1 Å². The molecule has 0 aliphatic carbocycles. The fourth-order valence-corrected chi connectivity index (χ4v) is 2.90. The van der Waals surface area contributed by atoms with Crippen molar-refractivity contribution >= 4 is 11.6 Å². The van der Waals surface area contributed by atoms with Gasteiger partial charge in [-0.05, 0) is 37.9 Å². The van der Waals surface area contributed by atoms with Crippen LogP contribution in [0.25, 0.3) is 0 Å². The lowest BCUT2D eigenvalue weighted by molar-refractivity contribution is -0.286. The van der Waals surface area contributed by atoms with Crippen LogP contribution >= 0.6 is 0 Å². The molecule has 5 nitrogen and oxygen atoms in total. The van der Waals surface area contributed by atoms with Crippen LogP contribution in [0.5, 0.6) is 11.5 Å². The first kappa shape index (κ1) is 19.0. The van der Waals surface area contributed by atoms with E-state index in [-0.39, 0.29) is 41.5 Å². The highest BCUT2D eigenvalue weighted by Gasteiger charge is 2.43. The summed E-state index contributed by atoms with van der Waals surface area (Å²) in [6.45, 7) is 0.617. The van der Waals surface area contributed by atoms with Gasteiger partial charge in [-0.25, -0.2) is 0 Å². The van der Waals surface area contributed by atoms with Crippen molar-refractivity contribution in [2.24, 2.45) is 0 Å². The molecule has 0 radical (unpaired) electrons. The Morgan fingerprint density at radius 2 is 1.63 bits per heavy atom. The number of carbonyl (C=O) groups is 2. The molecule has 0 amide bonds. The molecule has 3 rings (SSSR count). The molecule has 0 saturated carbocycles. The number of Topliss-reactive ketones (excluding diaryl/α,β-unsaturated/α-hetero) is 2. The van der Waals surface area contributed by atoms with E-state index in [1.165, 1.54) is 18.2 Å². The van der Waals surface area contributed by atoms with Crippen molar-refractivity contribution in [3.05, 3.63) is 59.2 Å². The minimum atomic E-state index is -3.73. The van der Waals surface area contributed by atoms with Crippen LogP contribution in [-0.4, -0.2) is 36.9 Å². The zero-order valence-electron chi connectivity index (χ0n) is 15.0. The van der Waals surface area contributed by atoms with Crippen molar-refractivity contribution in [1.29, 1.82) is 0 Å². The summed E-state index contributed by atoms with van der Waals surface area (Å²) in [5.41, 5.74) is 1.68. The van der Waals surface area contributed by atoms with Crippen molar-refractivity contribution in [2.45, 2.75) is 25.7 Å². The summed E-state index contributed by atoms with van der Waals surface area (Å²) in [6.07, 6.45) is -3.71. The van der Waals surface area contributed by atoms with Gasteiger partial charge in [-0.1, -0.05) is 24.3 Å². The number of ketones is 2. The number of carbonyl (C=O) groups excluding carboxylic acids is 2. The number of hydrogen-bond donors (Lipinski definition) is 0. The SMILES string of the molecule is CN(C)Cc1ccccc1C(=O)CCC(=O)c1ccc2c(c1)OC(F)(F)O2. The molecular weight excluding hydrogens is 356 g/mol. The summed E-state index contributed by atoms with van der Waals surface area (Å²) in [7, 11) is 3.82. The number of ether oxygens (including phenoxy) is 2. The molecule has 1 heterocycles. The highest BCUT2D eigenvalue weighted by Crippen LogP contribution is 2.41. The summed E-state index contributed by atoms with van der Waals surface area (Å²) in [5, 5.41) is 0. The predicted octanol–water partition coefficient (Wildman–Crippen LogP) is 3.92. The van der Waals surface area contributed by atoms with Gasteiger partial charge >= 0.3 is 6.29 Å². The average Bonchev–Trinajstić information content (AvgIpc) is 2.92. The fourth-order valence-electron chi connectivity index (χ4n) is 2.90. The Balaban J connectivity index is 1.66. The zero-order valence-corrected chi connectivity index (χ0v) is 15.0. The van der Waals surface area contributed by atoms with Crippen LogP contribution in [0.3, 0.4) is 0 Å². The first-order chi connectivity index (χ1) is 12.7. The van der Waals surface area contributed by atoms with Gasteiger partial charge in [-0.15, -0.1) is 8.78 Å². The molecule has 2 aromatic rings. The Morgan fingerprint density at radius 3 is 2.37 bits per heavy atom. The van der Waals surface area contributed by atoms with Crippen molar-refractivity contribution in [3.8, 4) is 11.5 Å². The Hall–Kier alpha value is -2.80. The van der Waals surface area contributed by atoms with Crippen molar-refractivity contribution in [3.63, 3.8) is 0 Å². The van der Waals surface area contributed by atoms with E-state index in [9.17, 15) is 18.4 Å². The number of hydrogen-bond acceptors (Lipinski definition) is 5. The van der Waals surface area contributed by atoms with Crippen LogP contribution in [0.15, 0.2) is 42.5 Å². The summed E-state index contributed by atoms with van der Waals surface area (Å²) in [6, 6.07) is 11.1. The number of halogens is 2. The van der Waals surface area contributed by atoms with Crippen molar-refractivity contribution in [2.75, 3.05) is 14.1 Å². The van der Waals surface area contributed by atoms with Gasteiger partial charge < -0.3 is 14.4 Å². The normalized spacial score (nSPS) is 14.4. The van der Waals surface area contributed by atoms with Gasteiger partial charge in [0.1, 0.15) is 0 Å². The van der Waals surface area contributed by atoms with Gasteiger partial charge in [0, 0.05) is 30.5 Å². The van der Waals surface area contributed by atoms with E-state index >= 15 is 0 Å². The van der Waals surface area contributed by atoms with Gasteiger partial charge in [-0.3, -0.25) is 9.59 Å². The van der Waals surface area contributed by atoms with E-state index in [4.69, 9.17) is 0 Å². The minimum absolute atomic E-state index is 0.0227. The minimum Gasteiger partial charge on any atom is -0.395 e. The second-order valence-corrected chi connectivity index (χ2v) is 6.57. The third-order valence-corrected chi connectivity index (χ3v) is 4.11. The molecule has 0 bridgehead atoms. The first-order valence-electron chi connectivity index (χ1n) is 8.44. The smallest absolute Gasteiger partial charge is 0.395 e. The van der Waals surface area contributed by atoms with Gasteiger partial charge in [0.2, 0.25) is 0 Å². The Morgan fingerprint density at radius 1 is 0.963 bits per heavy atom. The van der Waals surface area contributed by atoms with E-state index in [1.807, 2.05) is 31.1 Å². The highest BCUT2D eigenvalue weighted by atomic mass is 19.3. The van der Waals surface area contributed by atoms with Crippen LogP contribution in [0, 0.1) is 0 Å². The molecule has 0 N–H and O–H groups in total. The molecule has 0 aromatic heterocycles. The molecule has 142 valence electrons. The van der Waals surface area contributed by atoms with E-state index < -0.39 is 6.29 Å². The maximum atomic E-state index is 13.1. The van der Waals surface area contributed by atoms with Crippen molar-refractivity contribution in [1.82, 2.24) is 4.90 Å². The predicted molar refractivity (Wildman–Crippen MR) is 94.4 cm³/mol. The second kappa shape index (κ2) is 7.44. The fraction of sp³-hybridized carbons (Fsp3) is 0.300. The van der Waals surface area contributed by atoms with Gasteiger partial charge in [-0.2, -0.15) is 0 Å². The monoisotopic (exact) mass is 375 g/mol. The second-order valence-electron chi connectivity index (χ2n) is 6.57. The number of benzene rings is 2. The maximum Gasteiger partial charge on any atom is 0.586 e. The molecular formula is C20H19F2NO4. The molecule has 0 atom stereocenters. The van der Waals surface area contributed by atoms with Crippen LogP contribution < -0.4 is 9.47 Å². The van der Waals surface area contributed by atoms with Crippen molar-refractivity contribution < 1.29 is 27.8 Å². The Kier molecular flexibility index (Phi) is 5.23. The molecule has 7 heteroatoms. The number of rotatable bonds is 7. The summed E-state index contributed by atoms with van der Waals surface area (Å²) < 4.78 is 34.8. The third kappa shape index (κ3) is 4.49. The van der Waals surface area contributed by atoms with E-state index in [1.54, 1.807) is 12.1 Å². The van der Waals surface area contributed by atoms with Crippen LogP contribution in [-0.2, 0) is 6.54 Å². The first-order valence-corrected chi connectivity index (χ1v) is 8.44. The van der Waals surface area contributed by atoms with E-state index in [0.717, 1.165) is 5.56 Å². The van der Waals surface area contributed by atoms with Crippen LogP contribution in [0.2, 0.25) is 0 Å². The molecule has 0 saturated heterocycles. The largest absolute Gasteiger partial charge is 0.586 e.